The molecule has 4 nitrogen and oxygen atoms in total. The molecule has 0 aromatic heterocycles. The lowest BCUT2D eigenvalue weighted by Crippen LogP contribution is -2.52. The molecule has 1 heterocycles. The normalized spacial score (nSPS) is 16.2. The lowest BCUT2D eigenvalue weighted by molar-refractivity contribution is -0.140. The molecular weight excluding hydrogens is 336 g/mol. The Balaban J connectivity index is 1.56. The van der Waals surface area contributed by atoms with Crippen molar-refractivity contribution in [1.82, 2.24) is 9.80 Å². The Morgan fingerprint density at radius 3 is 2.37 bits per heavy atom. The van der Waals surface area contributed by atoms with Crippen molar-refractivity contribution in [3.05, 3.63) is 65.2 Å². The van der Waals surface area contributed by atoms with Gasteiger partial charge in [-0.3, -0.25) is 9.69 Å². The molecule has 4 heteroatoms. The van der Waals surface area contributed by atoms with Crippen LogP contribution in [0.3, 0.4) is 0 Å². The van der Waals surface area contributed by atoms with E-state index in [1.54, 1.807) is 0 Å². The van der Waals surface area contributed by atoms with E-state index in [9.17, 15) is 4.79 Å². The first-order valence-corrected chi connectivity index (χ1v) is 9.86. The molecular formula is C23H30N2O2. The van der Waals surface area contributed by atoms with Crippen LogP contribution >= 0.6 is 0 Å². The topological polar surface area (TPSA) is 32.8 Å². The summed E-state index contributed by atoms with van der Waals surface area (Å²) in [5, 5.41) is 0. The third-order valence-corrected chi connectivity index (χ3v) is 5.40. The molecule has 3 rings (SSSR count). The lowest BCUT2D eigenvalue weighted by Gasteiger charge is -2.36. The number of benzene rings is 2. The number of hydrogen-bond donors (Lipinski definition) is 0. The van der Waals surface area contributed by atoms with Gasteiger partial charge in [0.05, 0.1) is 0 Å². The van der Waals surface area contributed by atoms with Gasteiger partial charge in [0.2, 0.25) is 0 Å². The number of carbonyl (C=O) groups excluding carboxylic acids is 1. The minimum absolute atomic E-state index is 0.109. The lowest BCUT2D eigenvalue weighted by atomic mass is 10.1. The van der Waals surface area contributed by atoms with Gasteiger partial charge in [-0.05, 0) is 43.0 Å². The van der Waals surface area contributed by atoms with E-state index in [1.807, 2.05) is 36.9 Å². The second-order valence-corrected chi connectivity index (χ2v) is 7.30. The first-order chi connectivity index (χ1) is 13.1. The van der Waals surface area contributed by atoms with Crippen molar-refractivity contribution in [3.8, 4) is 5.75 Å². The molecule has 27 heavy (non-hydrogen) atoms. The highest BCUT2D eigenvalue weighted by molar-refractivity contribution is 5.81. The highest BCUT2D eigenvalue weighted by atomic mass is 16.5. The Morgan fingerprint density at radius 1 is 1.00 bits per heavy atom. The number of aryl methyl sites for hydroxylation is 1. The van der Waals surface area contributed by atoms with E-state index in [1.165, 1.54) is 11.1 Å². The van der Waals surface area contributed by atoms with Gasteiger partial charge >= 0.3 is 0 Å². The minimum atomic E-state index is -0.411. The summed E-state index contributed by atoms with van der Waals surface area (Å²) >= 11 is 0. The Hall–Kier alpha value is -2.33. The summed E-state index contributed by atoms with van der Waals surface area (Å²) in [5.74, 6) is 0.927. The smallest absolute Gasteiger partial charge is 0.263 e. The monoisotopic (exact) mass is 366 g/mol. The average molecular weight is 367 g/mol. The maximum Gasteiger partial charge on any atom is 0.263 e. The van der Waals surface area contributed by atoms with E-state index < -0.39 is 6.10 Å². The summed E-state index contributed by atoms with van der Waals surface area (Å²) < 4.78 is 6.11. The summed E-state index contributed by atoms with van der Waals surface area (Å²) in [5.41, 5.74) is 3.61. The van der Waals surface area contributed by atoms with Crippen molar-refractivity contribution in [3.63, 3.8) is 0 Å². The van der Waals surface area contributed by atoms with Crippen LogP contribution in [-0.4, -0.2) is 48.0 Å². The van der Waals surface area contributed by atoms with Gasteiger partial charge in [0.15, 0.2) is 6.10 Å². The SMILES string of the molecule is CC[C@@H](Oc1cccc(C)c1C)C(=O)N1CCN(Cc2ccccc2)CC1. The molecule has 1 fully saturated rings. The van der Waals surface area contributed by atoms with Crippen LogP contribution in [0.4, 0.5) is 0 Å². The van der Waals surface area contributed by atoms with Gasteiger partial charge in [-0.2, -0.15) is 0 Å². The Kier molecular flexibility index (Phi) is 6.51. The van der Waals surface area contributed by atoms with Crippen LogP contribution in [-0.2, 0) is 11.3 Å². The van der Waals surface area contributed by atoms with Crippen LogP contribution < -0.4 is 4.74 Å². The highest BCUT2D eigenvalue weighted by Crippen LogP contribution is 2.23. The van der Waals surface area contributed by atoms with Crippen molar-refractivity contribution in [2.45, 2.75) is 39.8 Å². The highest BCUT2D eigenvalue weighted by Gasteiger charge is 2.28. The molecule has 2 aromatic rings. The number of amides is 1. The predicted molar refractivity (Wildman–Crippen MR) is 109 cm³/mol. The zero-order valence-electron chi connectivity index (χ0n) is 16.6. The maximum absolute atomic E-state index is 13.0. The summed E-state index contributed by atoms with van der Waals surface area (Å²) in [4.78, 5) is 17.3. The fraction of sp³-hybridized carbons (Fsp3) is 0.435. The Morgan fingerprint density at radius 2 is 1.70 bits per heavy atom. The molecule has 1 atom stereocenters. The standard InChI is InChI=1S/C23H30N2O2/c1-4-21(27-22-12-8-9-18(2)19(22)3)23(26)25-15-13-24(14-16-25)17-20-10-6-5-7-11-20/h5-12,21H,4,13-17H2,1-3H3/t21-/m1/s1. The largest absolute Gasteiger partial charge is 0.480 e. The van der Waals surface area contributed by atoms with Crippen molar-refractivity contribution in [1.29, 1.82) is 0 Å². The van der Waals surface area contributed by atoms with Crippen LogP contribution in [0.5, 0.6) is 5.75 Å². The molecule has 2 aromatic carbocycles. The first kappa shape index (κ1) is 19.4. The van der Waals surface area contributed by atoms with Crippen molar-refractivity contribution in [2.24, 2.45) is 0 Å². The molecule has 0 spiro atoms. The second kappa shape index (κ2) is 9.05. The number of ether oxygens (including phenoxy) is 1. The van der Waals surface area contributed by atoms with Crippen molar-refractivity contribution in [2.75, 3.05) is 26.2 Å². The third-order valence-electron chi connectivity index (χ3n) is 5.40. The van der Waals surface area contributed by atoms with Crippen LogP contribution in [0.15, 0.2) is 48.5 Å². The van der Waals surface area contributed by atoms with Crippen LogP contribution in [0.2, 0.25) is 0 Å². The van der Waals surface area contributed by atoms with E-state index in [2.05, 4.69) is 42.2 Å². The zero-order chi connectivity index (χ0) is 19.2. The second-order valence-electron chi connectivity index (χ2n) is 7.30. The molecule has 0 radical (unpaired) electrons. The van der Waals surface area contributed by atoms with Gasteiger partial charge in [-0.1, -0.05) is 49.4 Å². The van der Waals surface area contributed by atoms with Gasteiger partial charge < -0.3 is 9.64 Å². The predicted octanol–water partition coefficient (Wildman–Crippen LogP) is 3.81. The molecule has 1 saturated heterocycles. The van der Waals surface area contributed by atoms with Crippen LogP contribution in [0, 0.1) is 13.8 Å². The Bertz CT molecular complexity index is 752. The minimum Gasteiger partial charge on any atom is -0.480 e. The summed E-state index contributed by atoms with van der Waals surface area (Å²) in [7, 11) is 0. The summed E-state index contributed by atoms with van der Waals surface area (Å²) in [6.07, 6.45) is 0.266. The summed E-state index contributed by atoms with van der Waals surface area (Å²) in [6.45, 7) is 10.4. The quantitative estimate of drug-likeness (QED) is 0.779. The van der Waals surface area contributed by atoms with Gasteiger partial charge in [0.1, 0.15) is 5.75 Å². The summed E-state index contributed by atoms with van der Waals surface area (Å²) in [6, 6.07) is 16.5. The van der Waals surface area contributed by atoms with Gasteiger partial charge in [-0.15, -0.1) is 0 Å². The number of piperazine rings is 1. The van der Waals surface area contributed by atoms with E-state index in [4.69, 9.17) is 4.74 Å². The zero-order valence-corrected chi connectivity index (χ0v) is 16.6. The molecule has 1 amide bonds. The van der Waals surface area contributed by atoms with Crippen LogP contribution in [0.25, 0.3) is 0 Å². The van der Waals surface area contributed by atoms with Gasteiger partial charge in [-0.25, -0.2) is 0 Å². The fourth-order valence-electron chi connectivity index (χ4n) is 3.49. The average Bonchev–Trinajstić information content (AvgIpc) is 2.70. The van der Waals surface area contributed by atoms with Gasteiger partial charge in [0.25, 0.3) is 5.91 Å². The number of hydrogen-bond acceptors (Lipinski definition) is 3. The number of nitrogens with zero attached hydrogens (tertiary/aromatic N) is 2. The van der Waals surface area contributed by atoms with Gasteiger partial charge in [0, 0.05) is 32.7 Å². The van der Waals surface area contributed by atoms with E-state index in [0.29, 0.717) is 6.42 Å². The third kappa shape index (κ3) is 4.89. The van der Waals surface area contributed by atoms with E-state index in [-0.39, 0.29) is 5.91 Å². The molecule has 1 aliphatic heterocycles. The fourth-order valence-corrected chi connectivity index (χ4v) is 3.49. The number of rotatable bonds is 6. The van der Waals surface area contributed by atoms with Crippen molar-refractivity contribution < 1.29 is 9.53 Å². The maximum atomic E-state index is 13.0. The Labute approximate surface area is 162 Å². The molecule has 0 bridgehead atoms. The van der Waals surface area contributed by atoms with Crippen molar-refractivity contribution >= 4 is 5.91 Å². The molecule has 0 N–H and O–H groups in total. The van der Waals surface area contributed by atoms with E-state index >= 15 is 0 Å². The molecule has 0 unspecified atom stereocenters. The van der Waals surface area contributed by atoms with E-state index in [0.717, 1.165) is 44.0 Å². The molecule has 144 valence electrons. The molecule has 1 aliphatic rings. The number of carbonyl (C=O) groups is 1. The van der Waals surface area contributed by atoms with Crippen LogP contribution in [0.1, 0.15) is 30.0 Å². The molecule has 0 aliphatic carbocycles. The first-order valence-electron chi connectivity index (χ1n) is 9.86. The molecule has 0 saturated carbocycles.